The van der Waals surface area contributed by atoms with Crippen LogP contribution in [0.4, 0.5) is 5.82 Å². The van der Waals surface area contributed by atoms with Crippen molar-refractivity contribution in [3.8, 4) is 0 Å². The lowest BCUT2D eigenvalue weighted by Crippen LogP contribution is -2.27. The molecule has 0 bridgehead atoms. The highest BCUT2D eigenvalue weighted by molar-refractivity contribution is 9.10. The smallest absolute Gasteiger partial charge is 0.244 e. The molecule has 0 aliphatic rings. The van der Waals surface area contributed by atoms with E-state index in [9.17, 15) is 8.42 Å². The van der Waals surface area contributed by atoms with Crippen LogP contribution in [-0.2, 0) is 10.0 Å². The molecule has 102 valence electrons. The maximum Gasteiger partial charge on any atom is 0.244 e. The highest BCUT2D eigenvalue weighted by Gasteiger charge is 2.22. The summed E-state index contributed by atoms with van der Waals surface area (Å²) in [6.45, 7) is 1.72. The summed E-state index contributed by atoms with van der Waals surface area (Å²) in [7, 11) is -3.74. The first kappa shape index (κ1) is 14.4. The van der Waals surface area contributed by atoms with E-state index >= 15 is 0 Å². The number of hydrogen-bond acceptors (Lipinski definition) is 6. The van der Waals surface area contributed by atoms with Crippen LogP contribution in [0.2, 0.25) is 0 Å². The van der Waals surface area contributed by atoms with Crippen LogP contribution in [0, 0.1) is 0 Å². The van der Waals surface area contributed by atoms with Crippen molar-refractivity contribution in [2.75, 3.05) is 5.73 Å². The Morgan fingerprint density at radius 1 is 1.47 bits per heavy atom. The molecule has 0 fully saturated rings. The van der Waals surface area contributed by atoms with Gasteiger partial charge in [-0.2, -0.15) is 0 Å². The van der Waals surface area contributed by atoms with E-state index in [1.54, 1.807) is 18.5 Å². The maximum absolute atomic E-state index is 12.2. The monoisotopic (exact) mass is 362 g/mol. The third-order valence-corrected chi connectivity index (χ3v) is 5.25. The van der Waals surface area contributed by atoms with Crippen molar-refractivity contribution in [3.63, 3.8) is 0 Å². The number of nitrogens with zero attached hydrogens (tertiary/aromatic N) is 2. The third-order valence-electron chi connectivity index (χ3n) is 2.29. The van der Waals surface area contributed by atoms with Crippen LogP contribution in [0.1, 0.15) is 18.0 Å². The second kappa shape index (κ2) is 5.53. The van der Waals surface area contributed by atoms with E-state index < -0.39 is 16.1 Å². The Bertz CT molecular complexity index is 673. The zero-order valence-corrected chi connectivity index (χ0v) is 13.1. The van der Waals surface area contributed by atoms with Gasteiger partial charge < -0.3 is 5.73 Å². The second-order valence-electron chi connectivity index (χ2n) is 3.75. The summed E-state index contributed by atoms with van der Waals surface area (Å²) in [6.07, 6.45) is 3.07. The van der Waals surface area contributed by atoms with E-state index in [1.807, 2.05) is 0 Å². The third kappa shape index (κ3) is 3.30. The lowest BCUT2D eigenvalue weighted by Gasteiger charge is -2.13. The van der Waals surface area contributed by atoms with Crippen LogP contribution in [0.3, 0.4) is 0 Å². The molecular formula is C10H11BrN4O2S2. The van der Waals surface area contributed by atoms with Crippen LogP contribution in [0.5, 0.6) is 0 Å². The van der Waals surface area contributed by atoms with E-state index in [0.29, 0.717) is 9.48 Å². The van der Waals surface area contributed by atoms with Gasteiger partial charge in [0, 0.05) is 22.2 Å². The number of sulfonamides is 1. The molecule has 0 amide bonds. The molecular weight excluding hydrogens is 352 g/mol. The van der Waals surface area contributed by atoms with Gasteiger partial charge in [-0.05, 0) is 28.9 Å². The number of pyridine rings is 1. The minimum Gasteiger partial charge on any atom is -0.383 e. The Morgan fingerprint density at radius 2 is 2.21 bits per heavy atom. The predicted octanol–water partition coefficient (Wildman–Crippen LogP) is 1.92. The highest BCUT2D eigenvalue weighted by atomic mass is 79.9. The van der Waals surface area contributed by atoms with E-state index in [1.165, 1.54) is 23.6 Å². The summed E-state index contributed by atoms with van der Waals surface area (Å²) in [6, 6.07) is 0.988. The Balaban J connectivity index is 2.30. The number of halogens is 1. The van der Waals surface area contributed by atoms with E-state index in [0.717, 1.165) is 0 Å². The minimum absolute atomic E-state index is 0.0398. The Kier molecular flexibility index (Phi) is 4.19. The van der Waals surface area contributed by atoms with Gasteiger partial charge in [0.25, 0.3) is 0 Å². The molecule has 0 aliphatic carbocycles. The minimum atomic E-state index is -3.74. The average molecular weight is 363 g/mol. The summed E-state index contributed by atoms with van der Waals surface area (Å²) in [4.78, 5) is 7.83. The van der Waals surface area contributed by atoms with Gasteiger partial charge in [-0.1, -0.05) is 0 Å². The van der Waals surface area contributed by atoms with Crippen molar-refractivity contribution in [3.05, 3.63) is 33.3 Å². The molecule has 0 radical (unpaired) electrons. The molecule has 2 rings (SSSR count). The number of anilines is 1. The average Bonchev–Trinajstić information content (AvgIpc) is 2.85. The van der Waals surface area contributed by atoms with Gasteiger partial charge in [0.15, 0.2) is 0 Å². The number of nitrogens with two attached hydrogens (primary N) is 1. The summed E-state index contributed by atoms with van der Waals surface area (Å²) < 4.78 is 27.5. The first-order valence-corrected chi connectivity index (χ1v) is 8.38. The SMILES string of the molecule is CC(NS(=O)(=O)c1cc(Br)cnc1N)c1nccs1. The van der Waals surface area contributed by atoms with E-state index in [2.05, 4.69) is 30.6 Å². The predicted molar refractivity (Wildman–Crippen MR) is 77.2 cm³/mol. The highest BCUT2D eigenvalue weighted by Crippen LogP contribution is 2.23. The zero-order chi connectivity index (χ0) is 14.0. The number of nitrogen functional groups attached to an aromatic ring is 1. The topological polar surface area (TPSA) is 98.0 Å². The quantitative estimate of drug-likeness (QED) is 0.865. The van der Waals surface area contributed by atoms with Crippen LogP contribution in [0.25, 0.3) is 0 Å². The molecule has 3 N–H and O–H groups in total. The Hall–Kier alpha value is -1.03. The van der Waals surface area contributed by atoms with Gasteiger partial charge >= 0.3 is 0 Å². The van der Waals surface area contributed by atoms with Crippen molar-refractivity contribution in [2.24, 2.45) is 0 Å². The molecule has 2 aromatic rings. The summed E-state index contributed by atoms with van der Waals surface area (Å²) in [5, 5.41) is 2.47. The van der Waals surface area contributed by atoms with Crippen molar-refractivity contribution < 1.29 is 8.42 Å². The van der Waals surface area contributed by atoms with Crippen LogP contribution < -0.4 is 10.5 Å². The van der Waals surface area contributed by atoms with Gasteiger partial charge in [0.1, 0.15) is 15.7 Å². The molecule has 6 nitrogen and oxygen atoms in total. The maximum atomic E-state index is 12.2. The molecule has 0 spiro atoms. The fourth-order valence-electron chi connectivity index (χ4n) is 1.44. The zero-order valence-electron chi connectivity index (χ0n) is 9.87. The largest absolute Gasteiger partial charge is 0.383 e. The van der Waals surface area contributed by atoms with Gasteiger partial charge in [-0.15, -0.1) is 11.3 Å². The number of thiazole rings is 1. The molecule has 0 saturated heterocycles. The standard InChI is InChI=1S/C10H11BrN4O2S2/c1-6(10-13-2-3-18-10)15-19(16,17)8-4-7(11)5-14-9(8)12/h2-6,15H,1H3,(H2,12,14). The molecule has 19 heavy (non-hydrogen) atoms. The molecule has 0 saturated carbocycles. The van der Waals surface area contributed by atoms with Gasteiger partial charge in [0.05, 0.1) is 6.04 Å². The summed E-state index contributed by atoms with van der Waals surface area (Å²) in [5.74, 6) is -0.0398. The Labute approximate surface area is 123 Å². The number of aromatic nitrogens is 2. The molecule has 0 aromatic carbocycles. The molecule has 1 unspecified atom stereocenters. The van der Waals surface area contributed by atoms with Crippen LogP contribution in [-0.4, -0.2) is 18.4 Å². The lowest BCUT2D eigenvalue weighted by molar-refractivity contribution is 0.566. The number of hydrogen-bond donors (Lipinski definition) is 2. The molecule has 1 atom stereocenters. The fraction of sp³-hybridized carbons (Fsp3) is 0.200. The fourth-order valence-corrected chi connectivity index (χ4v) is 3.96. The number of rotatable bonds is 4. The van der Waals surface area contributed by atoms with Crippen molar-refractivity contribution in [1.82, 2.24) is 14.7 Å². The summed E-state index contributed by atoms with van der Waals surface area (Å²) >= 11 is 4.55. The normalized spacial score (nSPS) is 13.4. The van der Waals surface area contributed by atoms with Gasteiger partial charge in [0.2, 0.25) is 10.0 Å². The van der Waals surface area contributed by atoms with Crippen molar-refractivity contribution >= 4 is 43.1 Å². The van der Waals surface area contributed by atoms with E-state index in [-0.39, 0.29) is 10.7 Å². The molecule has 2 aromatic heterocycles. The van der Waals surface area contributed by atoms with Crippen molar-refractivity contribution in [2.45, 2.75) is 17.9 Å². The van der Waals surface area contributed by atoms with E-state index in [4.69, 9.17) is 5.73 Å². The molecule has 2 heterocycles. The first-order valence-electron chi connectivity index (χ1n) is 5.23. The molecule has 9 heteroatoms. The molecule has 0 aliphatic heterocycles. The van der Waals surface area contributed by atoms with Crippen LogP contribution in [0.15, 0.2) is 33.2 Å². The lowest BCUT2D eigenvalue weighted by atomic mass is 10.4. The van der Waals surface area contributed by atoms with Gasteiger partial charge in [-0.25, -0.2) is 23.1 Å². The second-order valence-corrected chi connectivity index (χ2v) is 7.27. The summed E-state index contributed by atoms with van der Waals surface area (Å²) in [5.41, 5.74) is 5.61. The number of nitrogens with one attached hydrogen (secondary N) is 1. The van der Waals surface area contributed by atoms with Gasteiger partial charge in [-0.3, -0.25) is 0 Å². The van der Waals surface area contributed by atoms with Crippen molar-refractivity contribution in [1.29, 1.82) is 0 Å². The first-order chi connectivity index (χ1) is 8.90. The van der Waals surface area contributed by atoms with Crippen LogP contribution >= 0.6 is 27.3 Å². The Morgan fingerprint density at radius 3 is 2.84 bits per heavy atom.